The van der Waals surface area contributed by atoms with E-state index in [0.717, 1.165) is 50.0 Å². The molecule has 0 heterocycles. The van der Waals surface area contributed by atoms with E-state index in [1.165, 1.54) is 12.8 Å². The number of hydrogen-bond acceptors (Lipinski definition) is 1. The molecule has 0 saturated heterocycles. The van der Waals surface area contributed by atoms with E-state index < -0.39 is 0 Å². The third kappa shape index (κ3) is 4.78. The van der Waals surface area contributed by atoms with Crippen LogP contribution < -0.4 is 0 Å². The van der Waals surface area contributed by atoms with E-state index in [9.17, 15) is 4.79 Å². The second-order valence-electron chi connectivity index (χ2n) is 4.92. The summed E-state index contributed by atoms with van der Waals surface area (Å²) in [4.78, 5) is 11.8. The number of rotatable bonds is 7. The summed E-state index contributed by atoms with van der Waals surface area (Å²) in [6, 6.07) is 0. The number of carbonyl (C=O) groups is 1. The van der Waals surface area contributed by atoms with Gasteiger partial charge < -0.3 is 0 Å². The largest absolute Gasteiger partial charge is 0.295 e. The lowest BCUT2D eigenvalue weighted by atomic mass is 9.88. The minimum Gasteiger partial charge on any atom is -0.295 e. The molecule has 0 fully saturated rings. The maximum atomic E-state index is 11.8. The number of allylic oxidation sites excluding steroid dienone is 3. The first-order valence-corrected chi connectivity index (χ1v) is 6.57. The van der Waals surface area contributed by atoms with Gasteiger partial charge in [0.2, 0.25) is 0 Å². The van der Waals surface area contributed by atoms with Crippen molar-refractivity contribution in [3.63, 3.8) is 0 Å². The fourth-order valence-corrected chi connectivity index (χ4v) is 2.13. The van der Waals surface area contributed by atoms with Gasteiger partial charge in [-0.15, -0.1) is 6.58 Å². The highest BCUT2D eigenvalue weighted by atomic mass is 16.1. The molecular formula is C15H24O. The first-order chi connectivity index (χ1) is 7.74. The van der Waals surface area contributed by atoms with E-state index in [1.807, 2.05) is 6.08 Å². The van der Waals surface area contributed by atoms with Crippen molar-refractivity contribution in [2.75, 3.05) is 0 Å². The second-order valence-corrected chi connectivity index (χ2v) is 4.92. The third-order valence-electron chi connectivity index (χ3n) is 3.34. The zero-order chi connectivity index (χ0) is 11.8. The SMILES string of the molecule is C=CCCCCCC(=O)C1=CCC(C)CC1. The van der Waals surface area contributed by atoms with Crippen LogP contribution in [0.15, 0.2) is 24.3 Å². The van der Waals surface area contributed by atoms with Gasteiger partial charge in [0.1, 0.15) is 0 Å². The van der Waals surface area contributed by atoms with Crippen LogP contribution in [0, 0.1) is 5.92 Å². The Morgan fingerprint density at radius 2 is 2.31 bits per heavy atom. The highest BCUT2D eigenvalue weighted by molar-refractivity contribution is 5.95. The Morgan fingerprint density at radius 1 is 1.50 bits per heavy atom. The minimum absolute atomic E-state index is 0.394. The summed E-state index contributed by atoms with van der Waals surface area (Å²) in [6.45, 7) is 5.95. The maximum absolute atomic E-state index is 11.8. The highest BCUT2D eigenvalue weighted by Crippen LogP contribution is 2.24. The lowest BCUT2D eigenvalue weighted by Crippen LogP contribution is -2.09. The molecule has 16 heavy (non-hydrogen) atoms. The van der Waals surface area contributed by atoms with E-state index in [0.29, 0.717) is 5.78 Å². The van der Waals surface area contributed by atoms with Gasteiger partial charge in [0.25, 0.3) is 0 Å². The first-order valence-electron chi connectivity index (χ1n) is 6.57. The lowest BCUT2D eigenvalue weighted by molar-refractivity contribution is -0.115. The summed E-state index contributed by atoms with van der Waals surface area (Å²) in [5.41, 5.74) is 1.10. The standard InChI is InChI=1S/C15H24O/c1-3-4-5-6-7-8-15(16)14-11-9-13(2)10-12-14/h3,11,13H,1,4-10,12H2,2H3. The molecule has 0 radical (unpaired) electrons. The molecule has 0 amide bonds. The van der Waals surface area contributed by atoms with Gasteiger partial charge in [-0.05, 0) is 50.0 Å². The van der Waals surface area contributed by atoms with Crippen LogP contribution in [0.2, 0.25) is 0 Å². The summed E-state index contributed by atoms with van der Waals surface area (Å²) in [5.74, 6) is 1.16. The zero-order valence-corrected chi connectivity index (χ0v) is 10.5. The zero-order valence-electron chi connectivity index (χ0n) is 10.5. The van der Waals surface area contributed by atoms with Crippen LogP contribution in [-0.2, 0) is 4.79 Å². The molecule has 0 aromatic heterocycles. The molecule has 1 aliphatic carbocycles. The summed E-state index contributed by atoms with van der Waals surface area (Å²) < 4.78 is 0. The average Bonchev–Trinajstić information content (AvgIpc) is 2.29. The topological polar surface area (TPSA) is 17.1 Å². The average molecular weight is 220 g/mol. The van der Waals surface area contributed by atoms with Gasteiger partial charge in [-0.2, -0.15) is 0 Å². The lowest BCUT2D eigenvalue weighted by Gasteiger charge is -2.17. The summed E-state index contributed by atoms with van der Waals surface area (Å²) in [7, 11) is 0. The Labute approximate surface area is 99.6 Å². The normalized spacial score (nSPS) is 20.3. The van der Waals surface area contributed by atoms with Crippen molar-refractivity contribution in [3.05, 3.63) is 24.3 Å². The van der Waals surface area contributed by atoms with Crippen molar-refractivity contribution < 1.29 is 4.79 Å². The Morgan fingerprint density at radius 3 is 2.94 bits per heavy atom. The van der Waals surface area contributed by atoms with Crippen molar-refractivity contribution in [2.45, 2.75) is 58.3 Å². The van der Waals surface area contributed by atoms with E-state index in [1.54, 1.807) is 0 Å². The predicted molar refractivity (Wildman–Crippen MR) is 69.4 cm³/mol. The van der Waals surface area contributed by atoms with Crippen LogP contribution >= 0.6 is 0 Å². The molecule has 1 nitrogen and oxygen atoms in total. The van der Waals surface area contributed by atoms with Gasteiger partial charge >= 0.3 is 0 Å². The molecule has 1 aliphatic rings. The monoisotopic (exact) mass is 220 g/mol. The summed E-state index contributed by atoms with van der Waals surface area (Å²) >= 11 is 0. The van der Waals surface area contributed by atoms with Crippen LogP contribution in [0.25, 0.3) is 0 Å². The summed E-state index contributed by atoms with van der Waals surface area (Å²) in [6.07, 6.45) is 12.6. The molecule has 1 unspecified atom stereocenters. The van der Waals surface area contributed by atoms with E-state index in [2.05, 4.69) is 19.6 Å². The van der Waals surface area contributed by atoms with Crippen LogP contribution in [0.5, 0.6) is 0 Å². The third-order valence-corrected chi connectivity index (χ3v) is 3.34. The summed E-state index contributed by atoms with van der Waals surface area (Å²) in [5, 5.41) is 0. The fraction of sp³-hybridized carbons (Fsp3) is 0.667. The van der Waals surface area contributed by atoms with Gasteiger partial charge in [-0.25, -0.2) is 0 Å². The van der Waals surface area contributed by atoms with Gasteiger partial charge in [-0.3, -0.25) is 4.79 Å². The molecule has 0 spiro atoms. The number of carbonyl (C=O) groups excluding carboxylic acids is 1. The fourth-order valence-electron chi connectivity index (χ4n) is 2.13. The van der Waals surface area contributed by atoms with Crippen LogP contribution in [-0.4, -0.2) is 5.78 Å². The molecule has 0 bridgehead atoms. The Bertz CT molecular complexity index is 263. The Balaban J connectivity index is 2.17. The van der Waals surface area contributed by atoms with E-state index in [4.69, 9.17) is 0 Å². The number of hydrogen-bond donors (Lipinski definition) is 0. The Kier molecular flexibility index (Phi) is 6.14. The van der Waals surface area contributed by atoms with Crippen molar-refractivity contribution >= 4 is 5.78 Å². The van der Waals surface area contributed by atoms with Crippen molar-refractivity contribution in [1.29, 1.82) is 0 Å². The molecule has 1 rings (SSSR count). The van der Waals surface area contributed by atoms with Crippen LogP contribution in [0.3, 0.4) is 0 Å². The van der Waals surface area contributed by atoms with Crippen molar-refractivity contribution in [1.82, 2.24) is 0 Å². The molecule has 0 aromatic carbocycles. The molecule has 90 valence electrons. The second kappa shape index (κ2) is 7.43. The molecule has 1 heteroatoms. The molecule has 1 atom stereocenters. The van der Waals surface area contributed by atoms with Gasteiger partial charge in [-0.1, -0.05) is 25.5 Å². The molecule has 0 aromatic rings. The molecule has 0 aliphatic heterocycles. The highest BCUT2D eigenvalue weighted by Gasteiger charge is 2.15. The maximum Gasteiger partial charge on any atom is 0.158 e. The molecule has 0 saturated carbocycles. The van der Waals surface area contributed by atoms with Crippen molar-refractivity contribution in [3.8, 4) is 0 Å². The number of ketones is 1. The first kappa shape index (κ1) is 13.2. The van der Waals surface area contributed by atoms with Crippen LogP contribution in [0.1, 0.15) is 58.3 Å². The van der Waals surface area contributed by atoms with Gasteiger partial charge in [0.15, 0.2) is 5.78 Å². The van der Waals surface area contributed by atoms with Gasteiger partial charge in [0.05, 0.1) is 0 Å². The molecule has 0 N–H and O–H groups in total. The smallest absolute Gasteiger partial charge is 0.158 e. The van der Waals surface area contributed by atoms with Crippen molar-refractivity contribution in [2.24, 2.45) is 5.92 Å². The molecular weight excluding hydrogens is 196 g/mol. The van der Waals surface area contributed by atoms with Gasteiger partial charge in [0, 0.05) is 6.42 Å². The number of Topliss-reactive ketones (excluding diaryl/α,β-unsaturated/α-hetero) is 1. The Hall–Kier alpha value is -0.850. The van der Waals surface area contributed by atoms with E-state index >= 15 is 0 Å². The van der Waals surface area contributed by atoms with Crippen LogP contribution in [0.4, 0.5) is 0 Å². The number of unbranched alkanes of at least 4 members (excludes halogenated alkanes) is 3. The quantitative estimate of drug-likeness (QED) is 0.458. The predicted octanol–water partition coefficient (Wildman–Crippen LogP) is 4.44. The van der Waals surface area contributed by atoms with E-state index in [-0.39, 0.29) is 0 Å². The minimum atomic E-state index is 0.394.